The number of hydrogen-bond acceptors (Lipinski definition) is 4. The van der Waals surface area contributed by atoms with Gasteiger partial charge in [0.2, 0.25) is 0 Å². The van der Waals surface area contributed by atoms with Crippen molar-refractivity contribution < 1.29 is 14.3 Å². The number of carbonyl (C=O) groups excluding carboxylic acids is 2. The summed E-state index contributed by atoms with van der Waals surface area (Å²) in [5.41, 5.74) is 1.07. The van der Waals surface area contributed by atoms with E-state index in [9.17, 15) is 9.59 Å². The summed E-state index contributed by atoms with van der Waals surface area (Å²) in [6, 6.07) is 6.51. The molecule has 0 saturated carbocycles. The lowest BCUT2D eigenvalue weighted by molar-refractivity contribution is 0.0386. The van der Waals surface area contributed by atoms with Crippen LogP contribution >= 0.6 is 11.8 Å². The first kappa shape index (κ1) is 13.8. The number of ether oxygens (including phenoxy) is 1. The molecule has 92 valence electrons. The molecule has 3 nitrogen and oxygen atoms in total. The van der Waals surface area contributed by atoms with Crippen LogP contribution in [0, 0.1) is 0 Å². The Kier molecular flexibility index (Phi) is 5.22. The number of ketones is 1. The fraction of sp³-hybridized carbons (Fsp3) is 0.385. The third-order valence-electron chi connectivity index (χ3n) is 2.24. The van der Waals surface area contributed by atoms with Crippen molar-refractivity contribution >= 4 is 23.5 Å². The van der Waals surface area contributed by atoms with Crippen molar-refractivity contribution in [2.45, 2.75) is 20.0 Å². The standard InChI is InChI=1S/C13H16O3S/c1-9(8-17-3)16-13(15)12-6-4-11(5-7-12)10(2)14/h4-7,9H,8H2,1-3H3. The Bertz CT molecular complexity index is 398. The van der Waals surface area contributed by atoms with Crippen molar-refractivity contribution in [2.24, 2.45) is 0 Å². The second-order valence-electron chi connectivity index (χ2n) is 3.80. The van der Waals surface area contributed by atoms with Gasteiger partial charge in [0.05, 0.1) is 5.56 Å². The number of rotatable bonds is 5. The first-order valence-electron chi connectivity index (χ1n) is 5.35. The molecular weight excluding hydrogens is 236 g/mol. The monoisotopic (exact) mass is 252 g/mol. The Morgan fingerprint density at radius 2 is 1.76 bits per heavy atom. The lowest BCUT2D eigenvalue weighted by Gasteiger charge is -2.11. The van der Waals surface area contributed by atoms with Gasteiger partial charge in [0.15, 0.2) is 5.78 Å². The van der Waals surface area contributed by atoms with Crippen LogP contribution in [0.5, 0.6) is 0 Å². The molecule has 0 N–H and O–H groups in total. The summed E-state index contributed by atoms with van der Waals surface area (Å²) in [4.78, 5) is 22.8. The Labute approximate surface area is 106 Å². The van der Waals surface area contributed by atoms with E-state index in [0.717, 1.165) is 5.75 Å². The highest BCUT2D eigenvalue weighted by molar-refractivity contribution is 7.98. The van der Waals surface area contributed by atoms with Crippen LogP contribution in [0.2, 0.25) is 0 Å². The van der Waals surface area contributed by atoms with Crippen molar-refractivity contribution in [3.8, 4) is 0 Å². The van der Waals surface area contributed by atoms with Crippen molar-refractivity contribution in [2.75, 3.05) is 12.0 Å². The fourth-order valence-electron chi connectivity index (χ4n) is 1.36. The molecule has 0 heterocycles. The average Bonchev–Trinajstić information content (AvgIpc) is 2.29. The predicted octanol–water partition coefficient (Wildman–Crippen LogP) is 2.80. The maximum Gasteiger partial charge on any atom is 0.338 e. The van der Waals surface area contributed by atoms with Crippen LogP contribution in [0.1, 0.15) is 34.6 Å². The smallest absolute Gasteiger partial charge is 0.338 e. The molecule has 1 aromatic rings. The summed E-state index contributed by atoms with van der Waals surface area (Å²) >= 11 is 1.63. The van der Waals surface area contributed by atoms with E-state index in [0.29, 0.717) is 11.1 Å². The van der Waals surface area contributed by atoms with Crippen LogP contribution < -0.4 is 0 Å². The van der Waals surface area contributed by atoms with Crippen molar-refractivity contribution in [1.82, 2.24) is 0 Å². The van der Waals surface area contributed by atoms with E-state index < -0.39 is 0 Å². The van der Waals surface area contributed by atoms with E-state index >= 15 is 0 Å². The molecule has 1 atom stereocenters. The van der Waals surface area contributed by atoms with E-state index in [-0.39, 0.29) is 17.9 Å². The minimum atomic E-state index is -0.346. The lowest BCUT2D eigenvalue weighted by Crippen LogP contribution is -2.17. The average molecular weight is 252 g/mol. The third kappa shape index (κ3) is 4.23. The number of hydrogen-bond donors (Lipinski definition) is 0. The summed E-state index contributed by atoms with van der Waals surface area (Å²) in [5, 5.41) is 0. The molecule has 0 spiro atoms. The summed E-state index contributed by atoms with van der Waals surface area (Å²) in [7, 11) is 0. The third-order valence-corrected chi connectivity index (χ3v) is 3.04. The molecular formula is C13H16O3S. The topological polar surface area (TPSA) is 43.4 Å². The van der Waals surface area contributed by atoms with Crippen molar-refractivity contribution in [3.05, 3.63) is 35.4 Å². The Hall–Kier alpha value is -1.29. The molecule has 1 aromatic carbocycles. The van der Waals surface area contributed by atoms with Gasteiger partial charge in [-0.2, -0.15) is 11.8 Å². The second kappa shape index (κ2) is 6.45. The largest absolute Gasteiger partial charge is 0.458 e. The zero-order valence-electron chi connectivity index (χ0n) is 10.2. The molecule has 0 fully saturated rings. The normalized spacial score (nSPS) is 11.9. The molecule has 0 aliphatic rings. The number of thioether (sulfide) groups is 1. The maximum atomic E-state index is 11.7. The molecule has 1 rings (SSSR count). The van der Waals surface area contributed by atoms with Gasteiger partial charge >= 0.3 is 5.97 Å². The summed E-state index contributed by atoms with van der Waals surface area (Å²) in [6.45, 7) is 3.35. The molecule has 0 bridgehead atoms. The van der Waals surface area contributed by atoms with Crippen LogP contribution in [0.15, 0.2) is 24.3 Å². The Morgan fingerprint density at radius 1 is 1.24 bits per heavy atom. The van der Waals surface area contributed by atoms with Gasteiger partial charge in [-0.3, -0.25) is 4.79 Å². The highest BCUT2D eigenvalue weighted by atomic mass is 32.2. The highest BCUT2D eigenvalue weighted by Crippen LogP contribution is 2.09. The zero-order valence-corrected chi connectivity index (χ0v) is 11.0. The van der Waals surface area contributed by atoms with Crippen LogP contribution in [-0.2, 0) is 4.74 Å². The van der Waals surface area contributed by atoms with Crippen LogP contribution in [0.4, 0.5) is 0 Å². The van der Waals surface area contributed by atoms with Gasteiger partial charge < -0.3 is 4.74 Å². The molecule has 4 heteroatoms. The lowest BCUT2D eigenvalue weighted by atomic mass is 10.1. The summed E-state index contributed by atoms with van der Waals surface area (Å²) in [6.07, 6.45) is 1.86. The summed E-state index contributed by atoms with van der Waals surface area (Å²) < 4.78 is 5.23. The number of benzene rings is 1. The van der Waals surface area contributed by atoms with Crippen LogP contribution in [0.25, 0.3) is 0 Å². The van der Waals surface area contributed by atoms with Crippen molar-refractivity contribution in [1.29, 1.82) is 0 Å². The number of carbonyl (C=O) groups is 2. The summed E-state index contributed by atoms with van der Waals surface area (Å²) in [5.74, 6) is 0.416. The minimum absolute atomic E-state index is 0.0133. The fourth-order valence-corrected chi connectivity index (χ4v) is 1.90. The van der Waals surface area contributed by atoms with E-state index in [1.807, 2.05) is 13.2 Å². The Balaban J connectivity index is 2.66. The predicted molar refractivity (Wildman–Crippen MR) is 69.7 cm³/mol. The molecule has 0 aliphatic carbocycles. The van der Waals surface area contributed by atoms with E-state index in [1.54, 1.807) is 36.0 Å². The first-order valence-corrected chi connectivity index (χ1v) is 6.75. The Morgan fingerprint density at radius 3 is 2.24 bits per heavy atom. The van der Waals surface area contributed by atoms with E-state index in [1.165, 1.54) is 6.92 Å². The van der Waals surface area contributed by atoms with Gasteiger partial charge in [-0.05, 0) is 32.2 Å². The van der Waals surface area contributed by atoms with Gasteiger partial charge in [0, 0.05) is 11.3 Å². The first-order chi connectivity index (χ1) is 8.04. The van der Waals surface area contributed by atoms with E-state index in [2.05, 4.69) is 0 Å². The van der Waals surface area contributed by atoms with Crippen molar-refractivity contribution in [3.63, 3.8) is 0 Å². The minimum Gasteiger partial charge on any atom is -0.458 e. The molecule has 1 unspecified atom stereocenters. The number of esters is 1. The van der Waals surface area contributed by atoms with Gasteiger partial charge in [0.1, 0.15) is 6.10 Å². The molecule has 0 radical (unpaired) electrons. The molecule has 0 saturated heterocycles. The van der Waals surface area contributed by atoms with Crippen LogP contribution in [-0.4, -0.2) is 29.9 Å². The molecule has 0 amide bonds. The second-order valence-corrected chi connectivity index (χ2v) is 4.72. The van der Waals surface area contributed by atoms with Gasteiger partial charge in [-0.25, -0.2) is 4.79 Å². The SMILES string of the molecule is CSCC(C)OC(=O)c1ccc(C(C)=O)cc1. The maximum absolute atomic E-state index is 11.7. The van der Waals surface area contributed by atoms with Gasteiger partial charge in [0.25, 0.3) is 0 Å². The molecule has 0 aliphatic heterocycles. The van der Waals surface area contributed by atoms with Crippen LogP contribution in [0.3, 0.4) is 0 Å². The number of Topliss-reactive ketones (excluding diaryl/α,β-unsaturated/α-hetero) is 1. The zero-order chi connectivity index (χ0) is 12.8. The molecule has 0 aromatic heterocycles. The van der Waals surface area contributed by atoms with Gasteiger partial charge in [-0.1, -0.05) is 12.1 Å². The van der Waals surface area contributed by atoms with E-state index in [4.69, 9.17) is 4.74 Å². The van der Waals surface area contributed by atoms with Gasteiger partial charge in [-0.15, -0.1) is 0 Å². The molecule has 17 heavy (non-hydrogen) atoms. The highest BCUT2D eigenvalue weighted by Gasteiger charge is 2.11. The quantitative estimate of drug-likeness (QED) is 0.597.